The summed E-state index contributed by atoms with van der Waals surface area (Å²) < 4.78 is 42.5. The number of aromatic carboxylic acids is 1. The number of halogens is 3. The Bertz CT molecular complexity index is 661. The number of carboxylic acids is 1. The average Bonchev–Trinajstić information content (AvgIpc) is 2.46. The molecule has 2 aromatic carbocycles. The van der Waals surface area contributed by atoms with Crippen LogP contribution < -0.4 is 4.74 Å². The summed E-state index contributed by atoms with van der Waals surface area (Å²) in [7, 11) is 1.39. The Morgan fingerprint density at radius 2 is 1.67 bits per heavy atom. The number of hydrogen-bond acceptors (Lipinski definition) is 2. The molecule has 0 saturated carbocycles. The molecule has 0 aliphatic carbocycles. The van der Waals surface area contributed by atoms with Gasteiger partial charge in [-0.25, -0.2) is 4.79 Å². The van der Waals surface area contributed by atoms with E-state index in [1.165, 1.54) is 31.4 Å². The number of ether oxygens (including phenoxy) is 1. The van der Waals surface area contributed by atoms with Crippen LogP contribution in [0.4, 0.5) is 13.2 Å². The molecule has 0 bridgehead atoms. The molecule has 3 nitrogen and oxygen atoms in total. The van der Waals surface area contributed by atoms with E-state index < -0.39 is 17.7 Å². The zero-order chi connectivity index (χ0) is 15.6. The zero-order valence-corrected chi connectivity index (χ0v) is 10.9. The van der Waals surface area contributed by atoms with Crippen LogP contribution in [0, 0.1) is 0 Å². The lowest BCUT2D eigenvalue weighted by Crippen LogP contribution is -2.04. The Morgan fingerprint density at radius 3 is 2.14 bits per heavy atom. The Hall–Kier alpha value is -2.50. The van der Waals surface area contributed by atoms with Crippen LogP contribution in [0.25, 0.3) is 11.1 Å². The van der Waals surface area contributed by atoms with E-state index >= 15 is 0 Å². The fourth-order valence-corrected chi connectivity index (χ4v) is 1.86. The molecule has 0 amide bonds. The summed E-state index contributed by atoms with van der Waals surface area (Å²) >= 11 is 0. The summed E-state index contributed by atoms with van der Waals surface area (Å²) in [4.78, 5) is 11.0. The van der Waals surface area contributed by atoms with Gasteiger partial charge in [-0.15, -0.1) is 0 Å². The summed E-state index contributed by atoms with van der Waals surface area (Å²) in [5.74, 6) is -0.813. The van der Waals surface area contributed by atoms with Gasteiger partial charge in [0.1, 0.15) is 5.75 Å². The van der Waals surface area contributed by atoms with E-state index in [4.69, 9.17) is 9.84 Å². The maximum Gasteiger partial charge on any atom is 0.416 e. The average molecular weight is 296 g/mol. The third-order valence-electron chi connectivity index (χ3n) is 2.93. The lowest BCUT2D eigenvalue weighted by molar-refractivity contribution is -0.137. The van der Waals surface area contributed by atoms with Gasteiger partial charge in [0.2, 0.25) is 0 Å². The van der Waals surface area contributed by atoms with Gasteiger partial charge in [-0.05, 0) is 41.5 Å². The lowest BCUT2D eigenvalue weighted by Gasteiger charge is -2.09. The second kappa shape index (κ2) is 5.47. The molecule has 0 spiro atoms. The zero-order valence-electron chi connectivity index (χ0n) is 10.9. The highest BCUT2D eigenvalue weighted by molar-refractivity contribution is 5.90. The molecule has 0 unspecified atom stereocenters. The topological polar surface area (TPSA) is 46.5 Å². The van der Waals surface area contributed by atoms with Crippen LogP contribution in [0.2, 0.25) is 0 Å². The SMILES string of the molecule is COc1cc(C(=O)O)cc(-c2ccc(C(F)(F)F)cc2)c1. The van der Waals surface area contributed by atoms with E-state index in [-0.39, 0.29) is 5.56 Å². The molecule has 2 rings (SSSR count). The van der Waals surface area contributed by atoms with Crippen LogP contribution >= 0.6 is 0 Å². The van der Waals surface area contributed by atoms with E-state index in [1.54, 1.807) is 6.07 Å². The maximum atomic E-state index is 12.5. The smallest absolute Gasteiger partial charge is 0.416 e. The van der Waals surface area contributed by atoms with Crippen LogP contribution in [0.1, 0.15) is 15.9 Å². The van der Waals surface area contributed by atoms with Gasteiger partial charge in [0.05, 0.1) is 18.2 Å². The van der Waals surface area contributed by atoms with E-state index in [0.29, 0.717) is 16.9 Å². The Balaban J connectivity index is 2.46. The number of rotatable bonds is 3. The number of carboxylic acid groups (broad SMARTS) is 1. The van der Waals surface area contributed by atoms with Crippen molar-refractivity contribution in [2.75, 3.05) is 7.11 Å². The van der Waals surface area contributed by atoms with Crippen molar-refractivity contribution in [1.82, 2.24) is 0 Å². The van der Waals surface area contributed by atoms with Crippen LogP contribution in [0.5, 0.6) is 5.75 Å². The van der Waals surface area contributed by atoms with Crippen molar-refractivity contribution in [2.45, 2.75) is 6.18 Å². The van der Waals surface area contributed by atoms with Crippen LogP contribution in [0.3, 0.4) is 0 Å². The molecule has 0 aromatic heterocycles. The Morgan fingerprint density at radius 1 is 1.05 bits per heavy atom. The van der Waals surface area contributed by atoms with Crippen LogP contribution in [-0.4, -0.2) is 18.2 Å². The first-order valence-corrected chi connectivity index (χ1v) is 5.91. The minimum atomic E-state index is -4.40. The van der Waals surface area contributed by atoms with E-state index in [9.17, 15) is 18.0 Å². The first-order chi connectivity index (χ1) is 9.81. The summed E-state index contributed by atoms with van der Waals surface area (Å²) in [6.45, 7) is 0. The highest BCUT2D eigenvalue weighted by Gasteiger charge is 2.30. The Labute approximate surface area is 118 Å². The van der Waals surface area contributed by atoms with Crippen molar-refractivity contribution >= 4 is 5.97 Å². The first-order valence-electron chi connectivity index (χ1n) is 5.91. The van der Waals surface area contributed by atoms with Gasteiger partial charge in [0.25, 0.3) is 0 Å². The van der Waals surface area contributed by atoms with Crippen molar-refractivity contribution in [3.05, 3.63) is 53.6 Å². The molecule has 110 valence electrons. The monoisotopic (exact) mass is 296 g/mol. The minimum absolute atomic E-state index is 0.00393. The largest absolute Gasteiger partial charge is 0.497 e. The molecule has 2 aromatic rings. The van der Waals surface area contributed by atoms with Gasteiger partial charge >= 0.3 is 12.1 Å². The molecule has 1 N–H and O–H groups in total. The van der Waals surface area contributed by atoms with Crippen molar-refractivity contribution in [3.63, 3.8) is 0 Å². The standard InChI is InChI=1S/C15H11F3O3/c1-21-13-7-10(6-11(8-13)14(19)20)9-2-4-12(5-3-9)15(16,17)18/h2-8H,1H3,(H,19,20). The van der Waals surface area contributed by atoms with Crippen molar-refractivity contribution in [1.29, 1.82) is 0 Å². The van der Waals surface area contributed by atoms with Crippen LogP contribution in [0.15, 0.2) is 42.5 Å². The third kappa shape index (κ3) is 3.34. The van der Waals surface area contributed by atoms with Gasteiger partial charge in [0, 0.05) is 0 Å². The predicted octanol–water partition coefficient (Wildman–Crippen LogP) is 4.08. The molecule has 0 aliphatic rings. The molecular formula is C15H11F3O3. The van der Waals surface area contributed by atoms with Gasteiger partial charge in [-0.3, -0.25) is 0 Å². The van der Waals surface area contributed by atoms with Crippen LogP contribution in [-0.2, 0) is 6.18 Å². The fourth-order valence-electron chi connectivity index (χ4n) is 1.86. The highest BCUT2D eigenvalue weighted by Crippen LogP contribution is 2.32. The number of benzene rings is 2. The maximum absolute atomic E-state index is 12.5. The lowest BCUT2D eigenvalue weighted by atomic mass is 10.0. The molecule has 0 heterocycles. The Kier molecular flexibility index (Phi) is 3.88. The highest BCUT2D eigenvalue weighted by atomic mass is 19.4. The van der Waals surface area contributed by atoms with E-state index in [0.717, 1.165) is 12.1 Å². The predicted molar refractivity (Wildman–Crippen MR) is 70.4 cm³/mol. The second-order valence-electron chi connectivity index (χ2n) is 4.33. The van der Waals surface area contributed by atoms with E-state index in [1.807, 2.05) is 0 Å². The molecular weight excluding hydrogens is 285 g/mol. The molecule has 0 aliphatic heterocycles. The summed E-state index contributed by atoms with van der Waals surface area (Å²) in [6, 6.07) is 8.79. The molecule has 0 fully saturated rings. The van der Waals surface area contributed by atoms with Gasteiger partial charge in [0.15, 0.2) is 0 Å². The molecule has 21 heavy (non-hydrogen) atoms. The van der Waals surface area contributed by atoms with Gasteiger partial charge in [-0.1, -0.05) is 12.1 Å². The number of carbonyl (C=O) groups is 1. The third-order valence-corrected chi connectivity index (χ3v) is 2.93. The number of hydrogen-bond donors (Lipinski definition) is 1. The fraction of sp³-hybridized carbons (Fsp3) is 0.133. The second-order valence-corrected chi connectivity index (χ2v) is 4.33. The van der Waals surface area contributed by atoms with E-state index in [2.05, 4.69) is 0 Å². The molecule has 6 heteroatoms. The molecule has 0 atom stereocenters. The van der Waals surface area contributed by atoms with Crippen molar-refractivity contribution in [3.8, 4) is 16.9 Å². The normalized spacial score (nSPS) is 11.2. The molecule has 0 radical (unpaired) electrons. The number of alkyl halides is 3. The van der Waals surface area contributed by atoms with Gasteiger partial charge < -0.3 is 9.84 Å². The quantitative estimate of drug-likeness (QED) is 0.928. The summed E-state index contributed by atoms with van der Waals surface area (Å²) in [6.07, 6.45) is -4.40. The van der Waals surface area contributed by atoms with Crippen molar-refractivity contribution < 1.29 is 27.8 Å². The summed E-state index contributed by atoms with van der Waals surface area (Å²) in [5, 5.41) is 9.02. The van der Waals surface area contributed by atoms with Crippen molar-refractivity contribution in [2.24, 2.45) is 0 Å². The first kappa shape index (κ1) is 14.9. The summed E-state index contributed by atoms with van der Waals surface area (Å²) in [5.41, 5.74) is 0.196. The minimum Gasteiger partial charge on any atom is -0.497 e. The van der Waals surface area contributed by atoms with Gasteiger partial charge in [-0.2, -0.15) is 13.2 Å². The number of methoxy groups -OCH3 is 1. The molecule has 0 saturated heterocycles.